The molecule has 0 aromatic heterocycles. The van der Waals surface area contributed by atoms with Gasteiger partial charge in [0.1, 0.15) is 50.8 Å². The highest BCUT2D eigenvalue weighted by Crippen LogP contribution is 2.41. The van der Waals surface area contributed by atoms with E-state index < -0.39 is 36.0 Å². The Bertz CT molecular complexity index is 2030. The van der Waals surface area contributed by atoms with Gasteiger partial charge in [-0.25, -0.2) is 0 Å². The van der Waals surface area contributed by atoms with Gasteiger partial charge in [0.2, 0.25) is 0 Å². The summed E-state index contributed by atoms with van der Waals surface area (Å²) in [6, 6.07) is 44.6. The molecule has 2 heterocycles. The van der Waals surface area contributed by atoms with Crippen molar-refractivity contribution in [1.29, 1.82) is 0 Å². The zero-order valence-corrected chi connectivity index (χ0v) is 31.1. The first-order chi connectivity index (χ1) is 26.2. The monoisotopic (exact) mass is 726 g/mol. The van der Waals surface area contributed by atoms with Gasteiger partial charge in [-0.2, -0.15) is 0 Å². The first-order valence-corrected chi connectivity index (χ1v) is 18.5. The lowest BCUT2D eigenvalue weighted by molar-refractivity contribution is -0.175. The molecule has 0 N–H and O–H groups in total. The summed E-state index contributed by atoms with van der Waals surface area (Å²) >= 11 is 0. The van der Waals surface area contributed by atoms with Gasteiger partial charge in [-0.1, -0.05) is 109 Å². The van der Waals surface area contributed by atoms with E-state index in [2.05, 4.69) is 24.3 Å². The minimum Gasteiger partial charge on any atom is -0.487 e. The predicted molar refractivity (Wildman–Crippen MR) is 208 cm³/mol. The van der Waals surface area contributed by atoms with Crippen LogP contribution in [-0.4, -0.2) is 49.2 Å². The van der Waals surface area contributed by atoms with Crippen molar-refractivity contribution in [3.05, 3.63) is 145 Å². The molecular formula is C46H46O8. The average Bonchev–Trinajstić information content (AvgIpc) is 3.67. The molecule has 0 aliphatic carbocycles. The highest BCUT2D eigenvalue weighted by atomic mass is 16.8. The highest BCUT2D eigenvalue weighted by Gasteiger charge is 2.54. The van der Waals surface area contributed by atoms with Crippen molar-refractivity contribution in [3.63, 3.8) is 0 Å². The minimum absolute atomic E-state index is 0.199. The van der Waals surface area contributed by atoms with Crippen molar-refractivity contribution >= 4 is 21.5 Å². The smallest absolute Gasteiger partial charge is 0.164 e. The van der Waals surface area contributed by atoms with Crippen LogP contribution in [0, 0.1) is 0 Å². The van der Waals surface area contributed by atoms with Crippen LogP contribution in [0.15, 0.2) is 133 Å². The molecule has 54 heavy (non-hydrogen) atoms. The van der Waals surface area contributed by atoms with Gasteiger partial charge in [0.15, 0.2) is 34.6 Å². The number of benzene rings is 6. The van der Waals surface area contributed by atoms with E-state index in [1.165, 1.54) is 0 Å². The van der Waals surface area contributed by atoms with E-state index in [0.29, 0.717) is 36.2 Å². The molecule has 2 fully saturated rings. The summed E-state index contributed by atoms with van der Waals surface area (Å²) in [5.41, 5.74) is 2.14. The van der Waals surface area contributed by atoms with E-state index in [0.717, 1.165) is 32.7 Å². The van der Waals surface area contributed by atoms with Gasteiger partial charge in [-0.3, -0.25) is 0 Å². The van der Waals surface area contributed by atoms with Crippen molar-refractivity contribution in [3.8, 4) is 23.0 Å². The maximum Gasteiger partial charge on any atom is 0.164 e. The molecule has 6 aromatic carbocycles. The fourth-order valence-corrected chi connectivity index (χ4v) is 7.20. The molecule has 2 aliphatic heterocycles. The summed E-state index contributed by atoms with van der Waals surface area (Å²) in [6.45, 7) is 8.84. The van der Waals surface area contributed by atoms with Crippen molar-refractivity contribution in [1.82, 2.24) is 0 Å². The Labute approximate surface area is 316 Å². The number of rotatable bonds is 13. The van der Waals surface area contributed by atoms with Crippen molar-refractivity contribution in [2.75, 3.05) is 13.2 Å². The van der Waals surface area contributed by atoms with Crippen LogP contribution >= 0.6 is 0 Å². The maximum absolute atomic E-state index is 6.57. The predicted octanol–water partition coefficient (Wildman–Crippen LogP) is 9.65. The molecule has 8 nitrogen and oxygen atoms in total. The van der Waals surface area contributed by atoms with Gasteiger partial charge in [-0.15, -0.1) is 0 Å². The van der Waals surface area contributed by atoms with Crippen LogP contribution in [0.4, 0.5) is 0 Å². The number of ether oxygens (including phenoxy) is 8. The quantitative estimate of drug-likeness (QED) is 0.117. The van der Waals surface area contributed by atoms with Gasteiger partial charge in [0.05, 0.1) is 0 Å². The summed E-state index contributed by atoms with van der Waals surface area (Å²) < 4.78 is 51.9. The highest BCUT2D eigenvalue weighted by molar-refractivity contribution is 5.86. The molecule has 0 unspecified atom stereocenters. The summed E-state index contributed by atoms with van der Waals surface area (Å²) in [5, 5.41) is 4.22. The van der Waals surface area contributed by atoms with E-state index in [-0.39, 0.29) is 13.2 Å². The number of hydrogen-bond donors (Lipinski definition) is 0. The molecule has 278 valence electrons. The second kappa shape index (κ2) is 15.3. The normalized spacial score (nSPS) is 21.6. The molecular weight excluding hydrogens is 680 g/mol. The van der Waals surface area contributed by atoms with Crippen molar-refractivity contribution in [2.45, 2.75) is 76.9 Å². The van der Waals surface area contributed by atoms with Crippen LogP contribution in [0.5, 0.6) is 23.0 Å². The maximum atomic E-state index is 6.57. The Balaban J connectivity index is 1.01. The third-order valence-corrected chi connectivity index (χ3v) is 9.67. The van der Waals surface area contributed by atoms with Gasteiger partial charge in [0, 0.05) is 0 Å². The van der Waals surface area contributed by atoms with Gasteiger partial charge in [-0.05, 0) is 84.6 Å². The Morgan fingerprint density at radius 3 is 1.07 bits per heavy atom. The molecule has 2 saturated heterocycles. The van der Waals surface area contributed by atoms with Crippen LogP contribution in [-0.2, 0) is 32.2 Å². The second-order valence-corrected chi connectivity index (χ2v) is 14.7. The third kappa shape index (κ3) is 8.32. The fourth-order valence-electron chi connectivity index (χ4n) is 7.20. The topological polar surface area (TPSA) is 73.8 Å². The van der Waals surface area contributed by atoms with Crippen molar-refractivity contribution < 1.29 is 37.9 Å². The zero-order chi connectivity index (χ0) is 37.1. The van der Waals surface area contributed by atoms with E-state index in [1.807, 2.05) is 137 Å². The molecule has 0 amide bonds. The van der Waals surface area contributed by atoms with E-state index in [1.54, 1.807) is 0 Å². The molecule has 4 atom stereocenters. The van der Waals surface area contributed by atoms with Gasteiger partial charge < -0.3 is 37.9 Å². The molecule has 8 heteroatoms. The molecule has 6 aromatic rings. The summed E-state index contributed by atoms with van der Waals surface area (Å²) in [4.78, 5) is 0. The lowest BCUT2D eigenvalue weighted by Crippen LogP contribution is -2.45. The number of hydrogen-bond acceptors (Lipinski definition) is 8. The summed E-state index contributed by atoms with van der Waals surface area (Å²) in [6.07, 6.45) is -2.00. The molecule has 0 saturated carbocycles. The molecule has 0 spiro atoms. The van der Waals surface area contributed by atoms with Crippen LogP contribution in [0.3, 0.4) is 0 Å². The molecule has 0 radical (unpaired) electrons. The number of fused-ring (bicyclic) bond motifs is 2. The van der Waals surface area contributed by atoms with Crippen LogP contribution in [0.25, 0.3) is 21.5 Å². The Hall–Kier alpha value is -5.12. The second-order valence-electron chi connectivity index (χ2n) is 14.7. The van der Waals surface area contributed by atoms with Crippen LogP contribution in [0.2, 0.25) is 0 Å². The van der Waals surface area contributed by atoms with E-state index in [9.17, 15) is 0 Å². The van der Waals surface area contributed by atoms with Crippen LogP contribution in [0.1, 0.15) is 38.8 Å². The molecule has 8 rings (SSSR count). The lowest BCUT2D eigenvalue weighted by atomic mass is 10.0. The van der Waals surface area contributed by atoms with Crippen LogP contribution < -0.4 is 18.9 Å². The largest absolute Gasteiger partial charge is 0.487 e. The lowest BCUT2D eigenvalue weighted by Gasteiger charge is -2.26. The molecule has 0 bridgehead atoms. The average molecular weight is 727 g/mol. The SMILES string of the molecule is CC1(C)O[C@@H]([C@H]2OC(C)(C)O[C@@H]2COc2cc3ccccc3cc2OCc2ccccc2)[C@H](COc2cc3ccccc3cc2OCc2ccccc2)O1. The standard InChI is InChI=1S/C46H46O8/c1-45(2)51-41(29-49-39-25-35-21-13-11-19-33(35)23-37(39)47-27-31-15-7-5-8-16-31)43(53-45)44-42(52-46(3,4)54-44)30-50-40-26-36-22-14-12-20-34(36)24-38(40)48-28-32-17-9-6-10-18-32/h5-26,41-44H,27-30H2,1-4H3/t41-,42+,43+,44-. The minimum atomic E-state index is -0.882. The van der Waals surface area contributed by atoms with Gasteiger partial charge in [0.25, 0.3) is 0 Å². The van der Waals surface area contributed by atoms with E-state index in [4.69, 9.17) is 37.9 Å². The van der Waals surface area contributed by atoms with Gasteiger partial charge >= 0.3 is 0 Å². The van der Waals surface area contributed by atoms with E-state index >= 15 is 0 Å². The Morgan fingerprint density at radius 2 is 0.722 bits per heavy atom. The first kappa shape index (κ1) is 35.9. The Morgan fingerprint density at radius 1 is 0.407 bits per heavy atom. The fraction of sp³-hybridized carbons (Fsp3) is 0.304. The Kier molecular flexibility index (Phi) is 10.2. The molecule has 2 aliphatic rings. The third-order valence-electron chi connectivity index (χ3n) is 9.67. The zero-order valence-electron chi connectivity index (χ0n) is 31.1. The first-order valence-electron chi connectivity index (χ1n) is 18.5. The summed E-state index contributed by atoms with van der Waals surface area (Å²) in [7, 11) is 0. The van der Waals surface area contributed by atoms with Crippen molar-refractivity contribution in [2.24, 2.45) is 0 Å². The summed E-state index contributed by atoms with van der Waals surface area (Å²) in [5.74, 6) is 0.793.